The van der Waals surface area contributed by atoms with Gasteiger partial charge in [0.15, 0.2) is 0 Å². The molecule has 1 N–H and O–H groups in total. The first-order valence-electron chi connectivity index (χ1n) is 6.99. The van der Waals surface area contributed by atoms with Gasteiger partial charge in [-0.2, -0.15) is 13.2 Å². The van der Waals surface area contributed by atoms with Crippen LogP contribution in [-0.4, -0.2) is 35.1 Å². The molecule has 1 aromatic carbocycles. The molecule has 0 unspecified atom stereocenters. The topological polar surface area (TPSA) is 40.5 Å². The molecule has 0 saturated carbocycles. The van der Waals surface area contributed by atoms with Gasteiger partial charge < -0.3 is 10.0 Å². The summed E-state index contributed by atoms with van der Waals surface area (Å²) in [5.41, 5.74) is -0.756. The molecule has 1 atom stereocenters. The number of amides is 1. The smallest absolute Gasteiger partial charge is 0.393 e. The van der Waals surface area contributed by atoms with Crippen LogP contribution in [0.25, 0.3) is 0 Å². The Labute approximate surface area is 121 Å². The standard InChI is InChI=1S/C15H18F3NO2/c16-15(17,18)13-6-2-1-4-11(13)10-14(21)19-8-3-5-12(20)7-9-19/h1-2,4,6,12,20H,3,5,7-10H2/t12-/m0/s1. The van der Waals surface area contributed by atoms with Crippen LogP contribution < -0.4 is 0 Å². The summed E-state index contributed by atoms with van der Waals surface area (Å²) < 4.78 is 38.7. The van der Waals surface area contributed by atoms with E-state index in [1.807, 2.05) is 0 Å². The molecule has 0 aromatic heterocycles. The molecule has 0 aliphatic carbocycles. The number of halogens is 3. The molecule has 116 valence electrons. The van der Waals surface area contributed by atoms with Crippen LogP contribution in [0.15, 0.2) is 24.3 Å². The summed E-state index contributed by atoms with van der Waals surface area (Å²) in [6.07, 6.45) is -3.36. The third-order valence-corrected chi connectivity index (χ3v) is 3.71. The number of hydrogen-bond donors (Lipinski definition) is 1. The van der Waals surface area contributed by atoms with Crippen LogP contribution in [0.4, 0.5) is 13.2 Å². The Balaban J connectivity index is 2.09. The zero-order chi connectivity index (χ0) is 15.5. The molecule has 1 heterocycles. The SMILES string of the molecule is O=C(Cc1ccccc1C(F)(F)F)N1CCC[C@H](O)CC1. The molecule has 3 nitrogen and oxygen atoms in total. The number of carbonyl (C=O) groups is 1. The number of rotatable bonds is 2. The van der Waals surface area contributed by atoms with E-state index in [4.69, 9.17) is 0 Å². The third-order valence-electron chi connectivity index (χ3n) is 3.71. The van der Waals surface area contributed by atoms with E-state index in [0.29, 0.717) is 32.4 Å². The first kappa shape index (κ1) is 15.8. The van der Waals surface area contributed by atoms with Gasteiger partial charge in [-0.3, -0.25) is 4.79 Å². The summed E-state index contributed by atoms with van der Waals surface area (Å²) in [4.78, 5) is 13.7. The molecule has 0 spiro atoms. The lowest BCUT2D eigenvalue weighted by atomic mass is 10.0. The van der Waals surface area contributed by atoms with Gasteiger partial charge in [0.05, 0.1) is 18.1 Å². The summed E-state index contributed by atoms with van der Waals surface area (Å²) in [7, 11) is 0. The van der Waals surface area contributed by atoms with Gasteiger partial charge in [0, 0.05) is 13.1 Å². The minimum Gasteiger partial charge on any atom is -0.393 e. The summed E-state index contributed by atoms with van der Waals surface area (Å²) in [5, 5.41) is 9.54. The van der Waals surface area contributed by atoms with Crippen molar-refractivity contribution in [3.8, 4) is 0 Å². The van der Waals surface area contributed by atoms with Gasteiger partial charge in [-0.25, -0.2) is 0 Å². The van der Waals surface area contributed by atoms with Crippen LogP contribution in [0.3, 0.4) is 0 Å². The van der Waals surface area contributed by atoms with Crippen LogP contribution in [0.1, 0.15) is 30.4 Å². The maximum Gasteiger partial charge on any atom is 0.416 e. The average Bonchev–Trinajstić information content (AvgIpc) is 2.63. The van der Waals surface area contributed by atoms with Gasteiger partial charge in [-0.1, -0.05) is 18.2 Å². The number of aliphatic hydroxyl groups is 1. The maximum absolute atomic E-state index is 12.9. The summed E-state index contributed by atoms with van der Waals surface area (Å²) >= 11 is 0. The van der Waals surface area contributed by atoms with Crippen LogP contribution >= 0.6 is 0 Å². The Morgan fingerprint density at radius 1 is 1.24 bits per heavy atom. The van der Waals surface area contributed by atoms with Crippen molar-refractivity contribution in [3.63, 3.8) is 0 Å². The first-order chi connectivity index (χ1) is 9.88. The lowest BCUT2D eigenvalue weighted by molar-refractivity contribution is -0.138. The van der Waals surface area contributed by atoms with Crippen molar-refractivity contribution in [2.75, 3.05) is 13.1 Å². The van der Waals surface area contributed by atoms with Gasteiger partial charge in [-0.15, -0.1) is 0 Å². The molecule has 1 amide bonds. The molecule has 1 saturated heterocycles. The quantitative estimate of drug-likeness (QED) is 0.912. The van der Waals surface area contributed by atoms with E-state index >= 15 is 0 Å². The van der Waals surface area contributed by atoms with E-state index in [0.717, 1.165) is 6.07 Å². The van der Waals surface area contributed by atoms with Crippen LogP contribution in [-0.2, 0) is 17.4 Å². The first-order valence-corrected chi connectivity index (χ1v) is 6.99. The molecular weight excluding hydrogens is 283 g/mol. The van der Waals surface area contributed by atoms with Crippen molar-refractivity contribution in [1.29, 1.82) is 0 Å². The Morgan fingerprint density at radius 2 is 1.95 bits per heavy atom. The zero-order valence-corrected chi connectivity index (χ0v) is 11.6. The minimum absolute atomic E-state index is 0.000189. The van der Waals surface area contributed by atoms with E-state index in [1.54, 1.807) is 4.90 Å². The van der Waals surface area contributed by atoms with Crippen molar-refractivity contribution < 1.29 is 23.1 Å². The Hall–Kier alpha value is -1.56. The van der Waals surface area contributed by atoms with Crippen LogP contribution in [0, 0.1) is 0 Å². The fourth-order valence-corrected chi connectivity index (χ4v) is 2.55. The fraction of sp³-hybridized carbons (Fsp3) is 0.533. The van der Waals surface area contributed by atoms with E-state index in [2.05, 4.69) is 0 Å². The molecule has 1 fully saturated rings. The second-order valence-corrected chi connectivity index (χ2v) is 5.30. The predicted octanol–water partition coefficient (Wildman–Crippen LogP) is 2.62. The number of nitrogens with zero attached hydrogens (tertiary/aromatic N) is 1. The Kier molecular flexibility index (Phi) is 4.88. The van der Waals surface area contributed by atoms with Crippen molar-refractivity contribution in [2.24, 2.45) is 0 Å². The lowest BCUT2D eigenvalue weighted by Crippen LogP contribution is -2.33. The molecule has 1 aliphatic heterocycles. The number of aliphatic hydroxyl groups excluding tert-OH is 1. The van der Waals surface area contributed by atoms with Crippen molar-refractivity contribution in [3.05, 3.63) is 35.4 Å². The number of hydrogen-bond acceptors (Lipinski definition) is 2. The Bertz CT molecular complexity index is 502. The van der Waals surface area contributed by atoms with Crippen LogP contribution in [0.2, 0.25) is 0 Å². The molecule has 1 aliphatic rings. The number of carbonyl (C=O) groups excluding carboxylic acids is 1. The molecular formula is C15H18F3NO2. The van der Waals surface area contributed by atoms with E-state index in [1.165, 1.54) is 18.2 Å². The number of likely N-dealkylation sites (tertiary alicyclic amines) is 1. The zero-order valence-electron chi connectivity index (χ0n) is 11.6. The van der Waals surface area contributed by atoms with Gasteiger partial charge >= 0.3 is 6.18 Å². The van der Waals surface area contributed by atoms with Gasteiger partial charge in [0.25, 0.3) is 0 Å². The average molecular weight is 301 g/mol. The largest absolute Gasteiger partial charge is 0.416 e. The normalized spacial score (nSPS) is 20.2. The highest BCUT2D eigenvalue weighted by Crippen LogP contribution is 2.32. The highest BCUT2D eigenvalue weighted by molar-refractivity contribution is 5.79. The molecule has 2 rings (SSSR count). The predicted molar refractivity (Wildman–Crippen MR) is 71.6 cm³/mol. The van der Waals surface area contributed by atoms with Crippen molar-refractivity contribution in [2.45, 2.75) is 38.0 Å². The number of benzene rings is 1. The highest BCUT2D eigenvalue weighted by Gasteiger charge is 2.33. The summed E-state index contributed by atoms with van der Waals surface area (Å²) in [6.45, 7) is 0.887. The molecule has 1 aromatic rings. The van der Waals surface area contributed by atoms with Gasteiger partial charge in [-0.05, 0) is 30.9 Å². The van der Waals surface area contributed by atoms with Gasteiger partial charge in [0.1, 0.15) is 0 Å². The van der Waals surface area contributed by atoms with Crippen molar-refractivity contribution >= 4 is 5.91 Å². The lowest BCUT2D eigenvalue weighted by Gasteiger charge is -2.21. The maximum atomic E-state index is 12.9. The monoisotopic (exact) mass is 301 g/mol. The van der Waals surface area contributed by atoms with E-state index in [9.17, 15) is 23.1 Å². The molecule has 6 heteroatoms. The van der Waals surface area contributed by atoms with E-state index < -0.39 is 17.8 Å². The fourth-order valence-electron chi connectivity index (χ4n) is 2.55. The highest BCUT2D eigenvalue weighted by atomic mass is 19.4. The Morgan fingerprint density at radius 3 is 2.67 bits per heavy atom. The van der Waals surface area contributed by atoms with Gasteiger partial charge in [0.2, 0.25) is 5.91 Å². The second-order valence-electron chi connectivity index (χ2n) is 5.30. The molecule has 0 bridgehead atoms. The summed E-state index contributed by atoms with van der Waals surface area (Å²) in [5.74, 6) is -0.319. The molecule has 21 heavy (non-hydrogen) atoms. The van der Waals surface area contributed by atoms with E-state index in [-0.39, 0.29) is 17.9 Å². The second kappa shape index (κ2) is 6.47. The van der Waals surface area contributed by atoms with Crippen LogP contribution in [0.5, 0.6) is 0 Å². The van der Waals surface area contributed by atoms with Crippen molar-refractivity contribution in [1.82, 2.24) is 4.90 Å². The molecule has 0 radical (unpaired) electrons. The summed E-state index contributed by atoms with van der Waals surface area (Å²) in [6, 6.07) is 5.16. The third kappa shape index (κ3) is 4.20. The number of alkyl halides is 3. The minimum atomic E-state index is -4.45.